The average Bonchev–Trinajstić information content (AvgIpc) is 2.75. The van der Waals surface area contributed by atoms with Gasteiger partial charge in [0.2, 0.25) is 5.95 Å². The molecule has 1 aliphatic heterocycles. The second kappa shape index (κ2) is 10.2. The van der Waals surface area contributed by atoms with Gasteiger partial charge in [-0.2, -0.15) is 0 Å². The Hall–Kier alpha value is -2.73. The summed E-state index contributed by atoms with van der Waals surface area (Å²) in [5.41, 5.74) is 2.54. The van der Waals surface area contributed by atoms with Crippen molar-refractivity contribution >= 4 is 17.9 Å². The Morgan fingerprint density at radius 3 is 2.41 bits per heavy atom. The molecule has 0 saturated carbocycles. The molecule has 1 aliphatic rings. The number of amides is 1. The van der Waals surface area contributed by atoms with Gasteiger partial charge < -0.3 is 9.80 Å². The zero-order valence-corrected chi connectivity index (χ0v) is 17.7. The van der Waals surface area contributed by atoms with Crippen molar-refractivity contribution < 1.29 is 4.79 Å². The van der Waals surface area contributed by atoms with Crippen LogP contribution in [-0.2, 0) is 0 Å². The highest BCUT2D eigenvalue weighted by molar-refractivity contribution is 5.92. The van der Waals surface area contributed by atoms with Gasteiger partial charge in [-0.3, -0.25) is 9.69 Å². The summed E-state index contributed by atoms with van der Waals surface area (Å²) >= 11 is 0. The van der Waals surface area contributed by atoms with Crippen LogP contribution < -0.4 is 4.90 Å². The molecule has 0 radical (unpaired) electrons. The van der Waals surface area contributed by atoms with Crippen LogP contribution in [-0.4, -0.2) is 71.5 Å². The van der Waals surface area contributed by atoms with Gasteiger partial charge in [0.15, 0.2) is 0 Å². The highest BCUT2D eigenvalue weighted by atomic mass is 16.2. The van der Waals surface area contributed by atoms with Crippen LogP contribution in [0.1, 0.15) is 35.6 Å². The van der Waals surface area contributed by atoms with Crippen molar-refractivity contribution in [3.05, 3.63) is 59.4 Å². The first-order valence-corrected chi connectivity index (χ1v) is 10.4. The molecular weight excluding hydrogens is 362 g/mol. The highest BCUT2D eigenvalue weighted by Gasteiger charge is 2.23. The van der Waals surface area contributed by atoms with Gasteiger partial charge in [0.1, 0.15) is 5.69 Å². The maximum atomic E-state index is 13.0. The summed E-state index contributed by atoms with van der Waals surface area (Å²) in [6, 6.07) is 12.1. The lowest BCUT2D eigenvalue weighted by molar-refractivity contribution is 0.0644. The minimum absolute atomic E-state index is 0.00313. The van der Waals surface area contributed by atoms with Crippen LogP contribution in [0.15, 0.2) is 42.5 Å². The van der Waals surface area contributed by atoms with Crippen molar-refractivity contribution in [1.29, 1.82) is 0 Å². The lowest BCUT2D eigenvalue weighted by Crippen LogP contribution is -2.48. The molecule has 0 N–H and O–H groups in total. The summed E-state index contributed by atoms with van der Waals surface area (Å²) in [5, 5.41) is 0. The third-order valence-corrected chi connectivity index (χ3v) is 5.24. The van der Waals surface area contributed by atoms with E-state index in [9.17, 15) is 4.79 Å². The van der Waals surface area contributed by atoms with Crippen LogP contribution in [0, 0.1) is 6.92 Å². The van der Waals surface area contributed by atoms with Crippen molar-refractivity contribution in [1.82, 2.24) is 19.8 Å². The molecule has 0 bridgehead atoms. The molecule has 154 valence electrons. The Bertz CT molecular complexity index is 824. The Morgan fingerprint density at radius 1 is 1.07 bits per heavy atom. The van der Waals surface area contributed by atoms with Crippen molar-refractivity contribution in [3.8, 4) is 0 Å². The van der Waals surface area contributed by atoms with E-state index in [1.807, 2.05) is 30.0 Å². The maximum Gasteiger partial charge on any atom is 0.272 e. The molecule has 0 aliphatic carbocycles. The van der Waals surface area contributed by atoms with Crippen LogP contribution in [0.3, 0.4) is 0 Å². The number of nitrogens with zero attached hydrogens (tertiary/aromatic N) is 5. The molecular formula is C23H31N5O. The van der Waals surface area contributed by atoms with Gasteiger partial charge in [-0.1, -0.05) is 42.5 Å². The van der Waals surface area contributed by atoms with E-state index < -0.39 is 0 Å². The van der Waals surface area contributed by atoms with E-state index >= 15 is 0 Å². The first kappa shape index (κ1) is 21.0. The molecule has 6 heteroatoms. The topological polar surface area (TPSA) is 52.6 Å². The number of anilines is 1. The first-order valence-electron chi connectivity index (χ1n) is 10.4. The van der Waals surface area contributed by atoms with Gasteiger partial charge in [0.05, 0.1) is 0 Å². The minimum Gasteiger partial charge on any atom is -0.341 e. The number of carbonyl (C=O) groups is 1. The van der Waals surface area contributed by atoms with E-state index in [0.717, 1.165) is 51.5 Å². The number of hydrogen-bond acceptors (Lipinski definition) is 5. The number of carbonyl (C=O) groups excluding carboxylic acids is 1. The molecule has 0 spiro atoms. The molecule has 1 fully saturated rings. The van der Waals surface area contributed by atoms with Crippen LogP contribution in [0.4, 0.5) is 5.95 Å². The van der Waals surface area contributed by atoms with E-state index in [1.54, 1.807) is 6.07 Å². The normalized spacial score (nSPS) is 15.1. The number of aryl methyl sites for hydroxylation is 1. The summed E-state index contributed by atoms with van der Waals surface area (Å²) in [7, 11) is 0. The first-order chi connectivity index (χ1) is 14.1. The zero-order valence-electron chi connectivity index (χ0n) is 17.7. The maximum absolute atomic E-state index is 13.0. The Kier molecular flexibility index (Phi) is 7.36. The predicted molar refractivity (Wildman–Crippen MR) is 118 cm³/mol. The summed E-state index contributed by atoms with van der Waals surface area (Å²) < 4.78 is 0. The fraction of sp³-hybridized carbons (Fsp3) is 0.435. The summed E-state index contributed by atoms with van der Waals surface area (Å²) in [6.45, 7) is 11.8. The van der Waals surface area contributed by atoms with Gasteiger partial charge in [-0.15, -0.1) is 0 Å². The second-order valence-corrected chi connectivity index (χ2v) is 7.27. The number of aromatic nitrogens is 2. The van der Waals surface area contributed by atoms with E-state index in [-0.39, 0.29) is 5.91 Å². The fourth-order valence-electron chi connectivity index (χ4n) is 3.51. The van der Waals surface area contributed by atoms with Crippen molar-refractivity contribution in [2.45, 2.75) is 20.8 Å². The van der Waals surface area contributed by atoms with E-state index in [0.29, 0.717) is 11.6 Å². The monoisotopic (exact) mass is 393 g/mol. The summed E-state index contributed by atoms with van der Waals surface area (Å²) in [4.78, 5) is 28.4. The average molecular weight is 394 g/mol. The third-order valence-electron chi connectivity index (χ3n) is 5.24. The van der Waals surface area contributed by atoms with Gasteiger partial charge in [0, 0.05) is 51.5 Å². The molecule has 1 amide bonds. The molecule has 0 unspecified atom stereocenters. The van der Waals surface area contributed by atoms with Gasteiger partial charge in [-0.05, 0) is 32.4 Å². The third kappa shape index (κ3) is 5.64. The molecule has 0 atom stereocenters. The molecule has 6 nitrogen and oxygen atoms in total. The largest absolute Gasteiger partial charge is 0.341 e. The van der Waals surface area contributed by atoms with Crippen molar-refractivity contribution in [3.63, 3.8) is 0 Å². The van der Waals surface area contributed by atoms with E-state index in [1.165, 1.54) is 5.56 Å². The van der Waals surface area contributed by atoms with Crippen LogP contribution in [0.2, 0.25) is 0 Å². The number of piperazine rings is 1. The molecule has 29 heavy (non-hydrogen) atoms. The van der Waals surface area contributed by atoms with Crippen LogP contribution >= 0.6 is 0 Å². The van der Waals surface area contributed by atoms with Crippen LogP contribution in [0.25, 0.3) is 6.08 Å². The van der Waals surface area contributed by atoms with Gasteiger partial charge >= 0.3 is 0 Å². The fourth-order valence-corrected chi connectivity index (χ4v) is 3.51. The zero-order chi connectivity index (χ0) is 20.6. The standard InChI is InChI=1S/C23H31N5O/c1-4-27(5-2)23-24-19(3)18-21(25-23)22(29)28-16-14-26(15-17-28)13-9-12-20-10-7-6-8-11-20/h6-12,18H,4-5,13-17H2,1-3H3/b12-9+. The quantitative estimate of drug-likeness (QED) is 0.724. The smallest absolute Gasteiger partial charge is 0.272 e. The molecule has 1 saturated heterocycles. The van der Waals surface area contributed by atoms with Crippen molar-refractivity contribution in [2.75, 3.05) is 50.7 Å². The van der Waals surface area contributed by atoms with Gasteiger partial charge in [0.25, 0.3) is 5.91 Å². The number of rotatable bonds is 7. The molecule has 1 aromatic heterocycles. The Balaban J connectivity index is 1.56. The van der Waals surface area contributed by atoms with Gasteiger partial charge in [-0.25, -0.2) is 9.97 Å². The van der Waals surface area contributed by atoms with E-state index in [2.05, 4.69) is 57.9 Å². The highest BCUT2D eigenvalue weighted by Crippen LogP contribution is 2.13. The SMILES string of the molecule is CCN(CC)c1nc(C)cc(C(=O)N2CCN(C/C=C/c3ccccc3)CC2)n1. The summed E-state index contributed by atoms with van der Waals surface area (Å²) in [6.07, 6.45) is 4.34. The molecule has 3 rings (SSSR count). The summed E-state index contributed by atoms with van der Waals surface area (Å²) in [5.74, 6) is 0.645. The molecule has 1 aromatic carbocycles. The Morgan fingerprint density at radius 2 is 1.76 bits per heavy atom. The number of benzene rings is 1. The lowest BCUT2D eigenvalue weighted by atomic mass is 10.2. The predicted octanol–water partition coefficient (Wildman–Crippen LogP) is 3.10. The molecule has 2 heterocycles. The van der Waals surface area contributed by atoms with E-state index in [4.69, 9.17) is 0 Å². The Labute approximate surface area is 173 Å². The second-order valence-electron chi connectivity index (χ2n) is 7.27. The number of hydrogen-bond donors (Lipinski definition) is 0. The van der Waals surface area contributed by atoms with Crippen molar-refractivity contribution in [2.24, 2.45) is 0 Å². The minimum atomic E-state index is 0.00313. The molecule has 2 aromatic rings. The van der Waals surface area contributed by atoms with Crippen LogP contribution in [0.5, 0.6) is 0 Å². The lowest BCUT2D eigenvalue weighted by Gasteiger charge is -2.34.